The number of nitrogens with one attached hydrogen (secondary N) is 1. The van der Waals surface area contributed by atoms with E-state index in [0.29, 0.717) is 12.5 Å². The Balaban J connectivity index is 0.00000280. The minimum atomic E-state index is 0. The number of benzene rings is 2. The third-order valence-corrected chi connectivity index (χ3v) is 5.54. The smallest absolute Gasteiger partial charge is 0.226 e. The molecule has 2 aromatic carbocycles. The van der Waals surface area contributed by atoms with Crippen molar-refractivity contribution in [3.8, 4) is 16.9 Å². The summed E-state index contributed by atoms with van der Waals surface area (Å²) in [6.45, 7) is 8.79. The molecule has 0 spiro atoms. The zero-order valence-corrected chi connectivity index (χ0v) is 18.0. The highest BCUT2D eigenvalue weighted by Crippen LogP contribution is 2.30. The molecule has 1 heterocycles. The van der Waals surface area contributed by atoms with Crippen LogP contribution >= 0.6 is 12.4 Å². The Morgan fingerprint density at radius 3 is 2.29 bits per heavy atom. The lowest BCUT2D eigenvalue weighted by Crippen LogP contribution is -2.51. The van der Waals surface area contributed by atoms with Crippen LogP contribution < -0.4 is 10.1 Å². The molecule has 1 aliphatic heterocycles. The van der Waals surface area contributed by atoms with Crippen LogP contribution in [-0.4, -0.2) is 37.0 Å². The number of hydrogen-bond donors (Lipinski definition) is 1. The first-order valence-corrected chi connectivity index (χ1v) is 9.74. The standard InChI is InChI=1S/C23H30N2O2.ClH/c1-16(2)25(23(26)17(3)20-13-24-14-20)15-18-9-11-19(12-10-18)21-7-5-6-8-22(21)27-4;/h5-12,16-17,20,24H,13-15H2,1-4H3;1H. The van der Waals surface area contributed by atoms with E-state index in [4.69, 9.17) is 4.74 Å². The van der Waals surface area contributed by atoms with Gasteiger partial charge in [0, 0.05) is 24.1 Å². The van der Waals surface area contributed by atoms with Crippen molar-refractivity contribution in [1.29, 1.82) is 0 Å². The van der Waals surface area contributed by atoms with Crippen molar-refractivity contribution in [2.45, 2.75) is 33.4 Å². The van der Waals surface area contributed by atoms with E-state index >= 15 is 0 Å². The van der Waals surface area contributed by atoms with E-state index < -0.39 is 0 Å². The van der Waals surface area contributed by atoms with Gasteiger partial charge >= 0.3 is 0 Å². The Kier molecular flexibility index (Phi) is 7.90. The third-order valence-electron chi connectivity index (χ3n) is 5.54. The molecule has 3 rings (SSSR count). The van der Waals surface area contributed by atoms with Crippen LogP contribution in [0, 0.1) is 11.8 Å². The maximum absolute atomic E-state index is 13.0. The Labute approximate surface area is 174 Å². The lowest BCUT2D eigenvalue weighted by atomic mass is 9.87. The van der Waals surface area contributed by atoms with Crippen molar-refractivity contribution in [2.75, 3.05) is 20.2 Å². The molecular formula is C23H31ClN2O2. The predicted octanol–water partition coefficient (Wildman–Crippen LogP) is 4.38. The molecule has 0 aliphatic carbocycles. The number of methoxy groups -OCH3 is 1. The molecule has 1 amide bonds. The van der Waals surface area contributed by atoms with Gasteiger partial charge in [0.2, 0.25) is 5.91 Å². The number of carbonyl (C=O) groups is 1. The molecule has 1 atom stereocenters. The third kappa shape index (κ3) is 4.86. The number of ether oxygens (including phenoxy) is 1. The molecule has 1 unspecified atom stereocenters. The van der Waals surface area contributed by atoms with Crippen molar-refractivity contribution in [2.24, 2.45) is 11.8 Å². The minimum absolute atomic E-state index is 0. The molecular weight excluding hydrogens is 372 g/mol. The van der Waals surface area contributed by atoms with Crippen molar-refractivity contribution in [3.05, 3.63) is 54.1 Å². The first-order valence-electron chi connectivity index (χ1n) is 9.74. The van der Waals surface area contributed by atoms with Gasteiger partial charge in [0.15, 0.2) is 0 Å². The number of carbonyl (C=O) groups excluding carboxylic acids is 1. The Morgan fingerprint density at radius 2 is 1.75 bits per heavy atom. The molecule has 1 fully saturated rings. The van der Waals surface area contributed by atoms with Crippen molar-refractivity contribution in [3.63, 3.8) is 0 Å². The fourth-order valence-electron chi connectivity index (χ4n) is 3.51. The Hall–Kier alpha value is -2.04. The molecule has 2 aromatic rings. The van der Waals surface area contributed by atoms with Gasteiger partial charge in [-0.05, 0) is 50.0 Å². The van der Waals surface area contributed by atoms with E-state index in [1.165, 1.54) is 0 Å². The summed E-state index contributed by atoms with van der Waals surface area (Å²) in [5, 5.41) is 3.26. The van der Waals surface area contributed by atoms with Gasteiger partial charge in [-0.25, -0.2) is 0 Å². The van der Waals surface area contributed by atoms with Crippen LogP contribution in [0.1, 0.15) is 26.3 Å². The van der Waals surface area contributed by atoms with Crippen LogP contribution in [0.2, 0.25) is 0 Å². The van der Waals surface area contributed by atoms with Crippen LogP contribution in [0.3, 0.4) is 0 Å². The summed E-state index contributed by atoms with van der Waals surface area (Å²) in [5.41, 5.74) is 3.34. The SMILES string of the molecule is COc1ccccc1-c1ccc(CN(C(=O)C(C)C2CNC2)C(C)C)cc1.Cl. The average molecular weight is 403 g/mol. The number of hydrogen-bond acceptors (Lipinski definition) is 3. The lowest BCUT2D eigenvalue weighted by molar-refractivity contribution is -0.139. The quantitative estimate of drug-likeness (QED) is 0.747. The average Bonchev–Trinajstić information content (AvgIpc) is 2.64. The van der Waals surface area contributed by atoms with Gasteiger partial charge in [-0.2, -0.15) is 0 Å². The van der Waals surface area contributed by atoms with Crippen molar-refractivity contribution in [1.82, 2.24) is 10.2 Å². The molecule has 28 heavy (non-hydrogen) atoms. The summed E-state index contributed by atoms with van der Waals surface area (Å²) in [6.07, 6.45) is 0. The van der Waals surface area contributed by atoms with E-state index in [0.717, 1.165) is 35.5 Å². The fraction of sp³-hybridized carbons (Fsp3) is 0.435. The second-order valence-electron chi connectivity index (χ2n) is 7.66. The summed E-state index contributed by atoms with van der Waals surface area (Å²) in [6, 6.07) is 16.6. The first kappa shape index (κ1) is 22.3. The predicted molar refractivity (Wildman–Crippen MR) is 117 cm³/mol. The zero-order valence-electron chi connectivity index (χ0n) is 17.1. The monoisotopic (exact) mass is 402 g/mol. The van der Waals surface area contributed by atoms with Crippen LogP contribution in [0.25, 0.3) is 11.1 Å². The van der Waals surface area contributed by atoms with Crippen LogP contribution in [0.15, 0.2) is 48.5 Å². The van der Waals surface area contributed by atoms with Gasteiger partial charge in [0.1, 0.15) is 5.75 Å². The van der Waals surface area contributed by atoms with Gasteiger partial charge in [-0.3, -0.25) is 4.79 Å². The Morgan fingerprint density at radius 1 is 1.11 bits per heavy atom. The normalized spacial score (nSPS) is 14.8. The molecule has 1 N–H and O–H groups in total. The van der Waals surface area contributed by atoms with Gasteiger partial charge in [-0.1, -0.05) is 49.4 Å². The topological polar surface area (TPSA) is 41.6 Å². The summed E-state index contributed by atoms with van der Waals surface area (Å²) >= 11 is 0. The van der Waals surface area contributed by atoms with E-state index in [-0.39, 0.29) is 30.3 Å². The first-order chi connectivity index (χ1) is 13.0. The number of amides is 1. The molecule has 4 nitrogen and oxygen atoms in total. The van der Waals surface area contributed by atoms with Gasteiger partial charge < -0.3 is 15.0 Å². The number of nitrogens with zero attached hydrogens (tertiary/aromatic N) is 1. The molecule has 0 radical (unpaired) electrons. The summed E-state index contributed by atoms with van der Waals surface area (Å²) in [4.78, 5) is 15.0. The second-order valence-corrected chi connectivity index (χ2v) is 7.66. The van der Waals surface area contributed by atoms with Gasteiger partial charge in [0.05, 0.1) is 7.11 Å². The summed E-state index contributed by atoms with van der Waals surface area (Å²) in [7, 11) is 1.69. The molecule has 0 bridgehead atoms. The highest BCUT2D eigenvalue weighted by molar-refractivity contribution is 5.85. The lowest BCUT2D eigenvalue weighted by Gasteiger charge is -2.36. The van der Waals surface area contributed by atoms with Crippen molar-refractivity contribution < 1.29 is 9.53 Å². The molecule has 5 heteroatoms. The molecule has 1 aliphatic rings. The van der Waals surface area contributed by atoms with Gasteiger partial charge in [-0.15, -0.1) is 12.4 Å². The van der Waals surface area contributed by atoms with E-state index in [1.54, 1.807) is 7.11 Å². The molecule has 1 saturated heterocycles. The van der Waals surface area contributed by atoms with Crippen LogP contribution in [0.5, 0.6) is 5.75 Å². The Bertz CT molecular complexity index is 772. The van der Waals surface area contributed by atoms with Crippen LogP contribution in [-0.2, 0) is 11.3 Å². The molecule has 0 aromatic heterocycles. The van der Waals surface area contributed by atoms with E-state index in [1.807, 2.05) is 23.1 Å². The highest BCUT2D eigenvalue weighted by Gasteiger charge is 2.32. The van der Waals surface area contributed by atoms with Gasteiger partial charge in [0.25, 0.3) is 0 Å². The largest absolute Gasteiger partial charge is 0.496 e. The number of halogens is 1. The zero-order chi connectivity index (χ0) is 19.4. The maximum atomic E-state index is 13.0. The number of para-hydroxylation sites is 1. The molecule has 0 saturated carbocycles. The summed E-state index contributed by atoms with van der Waals surface area (Å²) < 4.78 is 5.46. The molecule has 152 valence electrons. The van der Waals surface area contributed by atoms with E-state index in [2.05, 4.69) is 56.4 Å². The minimum Gasteiger partial charge on any atom is -0.496 e. The van der Waals surface area contributed by atoms with E-state index in [9.17, 15) is 4.79 Å². The highest BCUT2D eigenvalue weighted by atomic mass is 35.5. The summed E-state index contributed by atoms with van der Waals surface area (Å²) in [5.74, 6) is 1.66. The fourth-order valence-corrected chi connectivity index (χ4v) is 3.51. The van der Waals surface area contributed by atoms with Crippen LogP contribution in [0.4, 0.5) is 0 Å². The second kappa shape index (κ2) is 9.94. The number of rotatable bonds is 7. The maximum Gasteiger partial charge on any atom is 0.226 e. The van der Waals surface area contributed by atoms with Crippen molar-refractivity contribution >= 4 is 18.3 Å².